The lowest BCUT2D eigenvalue weighted by molar-refractivity contribution is 0.0977. The summed E-state index contributed by atoms with van der Waals surface area (Å²) < 4.78 is 5.46. The minimum absolute atomic E-state index is 0.0117. The van der Waals surface area contributed by atoms with Crippen molar-refractivity contribution < 1.29 is 9.53 Å². The Bertz CT molecular complexity index is 1220. The van der Waals surface area contributed by atoms with Gasteiger partial charge < -0.3 is 15.4 Å². The molecule has 34 heavy (non-hydrogen) atoms. The van der Waals surface area contributed by atoms with E-state index in [2.05, 4.69) is 36.7 Å². The number of carbonyl (C=O) groups excluding carboxylic acids is 1. The summed E-state index contributed by atoms with van der Waals surface area (Å²) in [5.74, 6) is 0.343. The Morgan fingerprint density at radius 2 is 1.68 bits per heavy atom. The fourth-order valence-corrected chi connectivity index (χ4v) is 3.64. The van der Waals surface area contributed by atoms with Crippen molar-refractivity contribution >= 4 is 52.0 Å². The highest BCUT2D eigenvalue weighted by Gasteiger charge is 2.15. The molecule has 0 unspecified atom stereocenters. The Kier molecular flexibility index (Phi) is 7.91. The number of methoxy groups -OCH3 is 1. The molecule has 6 nitrogen and oxygen atoms in total. The van der Waals surface area contributed by atoms with Crippen LogP contribution < -0.4 is 20.7 Å². The summed E-state index contributed by atoms with van der Waals surface area (Å²) in [4.78, 5) is 12.6. The number of ether oxygens (including phenoxy) is 1. The lowest BCUT2D eigenvalue weighted by atomic mass is 9.87. The second-order valence-corrected chi connectivity index (χ2v) is 9.45. The molecule has 1 amide bonds. The number of carbonyl (C=O) groups is 1. The molecule has 176 valence electrons. The number of amides is 1. The first-order valence-corrected chi connectivity index (χ1v) is 11.4. The van der Waals surface area contributed by atoms with Crippen LogP contribution in [0.2, 0.25) is 5.02 Å². The molecule has 0 aliphatic heterocycles. The van der Waals surface area contributed by atoms with E-state index in [0.29, 0.717) is 33.3 Å². The summed E-state index contributed by atoms with van der Waals surface area (Å²) in [6.07, 6.45) is 0. The molecule has 0 aliphatic carbocycles. The molecule has 3 aromatic carbocycles. The number of anilines is 2. The molecular formula is C26H27ClN4O2S. The molecule has 0 aromatic heterocycles. The summed E-state index contributed by atoms with van der Waals surface area (Å²) in [5, 5.41) is 17.7. The highest BCUT2D eigenvalue weighted by Crippen LogP contribution is 2.29. The number of nitrogens with one attached hydrogen (secondary N) is 4. The van der Waals surface area contributed by atoms with Crippen molar-refractivity contribution in [3.05, 3.63) is 88.4 Å². The van der Waals surface area contributed by atoms with Crippen LogP contribution in [0.4, 0.5) is 11.4 Å². The van der Waals surface area contributed by atoms with E-state index in [4.69, 9.17) is 34.0 Å². The zero-order valence-electron chi connectivity index (χ0n) is 19.5. The molecule has 0 spiro atoms. The van der Waals surface area contributed by atoms with E-state index in [-0.39, 0.29) is 22.3 Å². The predicted octanol–water partition coefficient (Wildman–Crippen LogP) is 6.21. The van der Waals surface area contributed by atoms with Crippen molar-refractivity contribution in [2.24, 2.45) is 0 Å². The van der Waals surface area contributed by atoms with Gasteiger partial charge in [-0.05, 0) is 59.6 Å². The molecule has 0 fully saturated rings. The maximum atomic E-state index is 12.6. The number of hydrogen-bond acceptors (Lipinski definition) is 4. The second-order valence-electron chi connectivity index (χ2n) is 8.63. The maximum Gasteiger partial charge on any atom is 0.257 e. The van der Waals surface area contributed by atoms with Gasteiger partial charge in [0.25, 0.3) is 5.91 Å². The largest absolute Gasteiger partial charge is 0.494 e. The highest BCUT2D eigenvalue weighted by molar-refractivity contribution is 7.80. The van der Waals surface area contributed by atoms with Crippen LogP contribution in [0.5, 0.6) is 5.75 Å². The van der Waals surface area contributed by atoms with Crippen LogP contribution in [0.25, 0.3) is 0 Å². The van der Waals surface area contributed by atoms with Crippen LogP contribution in [0.3, 0.4) is 0 Å². The van der Waals surface area contributed by atoms with Crippen molar-refractivity contribution in [2.45, 2.75) is 26.2 Å². The van der Waals surface area contributed by atoms with Gasteiger partial charge in [0.2, 0.25) is 0 Å². The highest BCUT2D eigenvalue weighted by atomic mass is 35.5. The third-order valence-corrected chi connectivity index (χ3v) is 5.64. The smallest absolute Gasteiger partial charge is 0.257 e. The van der Waals surface area contributed by atoms with E-state index in [1.807, 2.05) is 24.3 Å². The molecule has 0 bridgehead atoms. The standard InChI is InChI=1S/C26H27ClN4O2S/c1-26(2,3)17-11-9-16(10-12-17)24(32)31-25(34)29-18-13-14-21(22(15-18)33-4)30-23(28)19-7-5-6-8-20(19)27/h5-15H,1-4H3,(H2,28,30)(H2,29,31,32,34). The molecule has 0 heterocycles. The number of thiocarbonyl (C=S) groups is 1. The average molecular weight is 495 g/mol. The van der Waals surface area contributed by atoms with Gasteiger partial charge in [-0.3, -0.25) is 15.5 Å². The Morgan fingerprint density at radius 3 is 2.29 bits per heavy atom. The fraction of sp³-hybridized carbons (Fsp3) is 0.192. The van der Waals surface area contributed by atoms with Gasteiger partial charge in [-0.1, -0.05) is 56.6 Å². The van der Waals surface area contributed by atoms with E-state index in [1.54, 1.807) is 42.5 Å². The van der Waals surface area contributed by atoms with Gasteiger partial charge in [-0.25, -0.2) is 0 Å². The first-order valence-electron chi connectivity index (χ1n) is 10.6. The van der Waals surface area contributed by atoms with Crippen LogP contribution in [-0.2, 0) is 5.41 Å². The van der Waals surface area contributed by atoms with Crippen molar-refractivity contribution in [1.82, 2.24) is 5.32 Å². The summed E-state index contributed by atoms with van der Waals surface area (Å²) in [6, 6.07) is 19.8. The van der Waals surface area contributed by atoms with Gasteiger partial charge >= 0.3 is 0 Å². The molecule has 3 aromatic rings. The molecule has 4 N–H and O–H groups in total. The predicted molar refractivity (Wildman–Crippen MR) is 144 cm³/mol. The maximum absolute atomic E-state index is 12.6. The van der Waals surface area contributed by atoms with E-state index in [0.717, 1.165) is 5.56 Å². The Labute approximate surface area is 210 Å². The van der Waals surface area contributed by atoms with Gasteiger partial charge in [0.05, 0.1) is 17.8 Å². The minimum atomic E-state index is -0.295. The Hall–Kier alpha value is -3.42. The molecule has 0 atom stereocenters. The SMILES string of the molecule is COc1cc(NC(=S)NC(=O)c2ccc(C(C)(C)C)cc2)ccc1NC(=N)c1ccccc1Cl. The molecule has 0 saturated carbocycles. The third-order valence-electron chi connectivity index (χ3n) is 5.10. The van der Waals surface area contributed by atoms with E-state index in [1.165, 1.54) is 7.11 Å². The van der Waals surface area contributed by atoms with Crippen LogP contribution in [0, 0.1) is 5.41 Å². The van der Waals surface area contributed by atoms with Crippen LogP contribution >= 0.6 is 23.8 Å². The van der Waals surface area contributed by atoms with E-state index < -0.39 is 0 Å². The molecular weight excluding hydrogens is 468 g/mol. The molecule has 0 aliphatic rings. The minimum Gasteiger partial charge on any atom is -0.494 e. The van der Waals surface area contributed by atoms with Crippen LogP contribution in [-0.4, -0.2) is 24.0 Å². The van der Waals surface area contributed by atoms with Crippen LogP contribution in [0.15, 0.2) is 66.7 Å². The summed E-state index contributed by atoms with van der Waals surface area (Å²) in [6.45, 7) is 6.36. The van der Waals surface area contributed by atoms with Crippen molar-refractivity contribution in [3.8, 4) is 5.75 Å². The number of hydrogen-bond donors (Lipinski definition) is 4. The topological polar surface area (TPSA) is 86.2 Å². The number of amidine groups is 1. The molecule has 0 radical (unpaired) electrons. The number of rotatable bonds is 5. The van der Waals surface area contributed by atoms with Gasteiger partial charge in [0.15, 0.2) is 5.11 Å². The Morgan fingerprint density at radius 1 is 1.00 bits per heavy atom. The average Bonchev–Trinajstić information content (AvgIpc) is 2.79. The van der Waals surface area contributed by atoms with Gasteiger partial charge in [0, 0.05) is 22.9 Å². The summed E-state index contributed by atoms with van der Waals surface area (Å²) >= 11 is 11.5. The molecule has 8 heteroatoms. The first-order chi connectivity index (χ1) is 16.1. The molecule has 3 rings (SSSR count). The lowest BCUT2D eigenvalue weighted by Crippen LogP contribution is -2.34. The van der Waals surface area contributed by atoms with Crippen molar-refractivity contribution in [3.63, 3.8) is 0 Å². The second kappa shape index (κ2) is 10.7. The zero-order valence-corrected chi connectivity index (χ0v) is 21.0. The van der Waals surface area contributed by atoms with E-state index in [9.17, 15) is 4.79 Å². The van der Waals surface area contributed by atoms with Crippen LogP contribution in [0.1, 0.15) is 42.3 Å². The molecule has 0 saturated heterocycles. The zero-order chi connectivity index (χ0) is 24.9. The van der Waals surface area contributed by atoms with Gasteiger partial charge in [-0.2, -0.15) is 0 Å². The summed E-state index contributed by atoms with van der Waals surface area (Å²) in [7, 11) is 1.53. The quantitative estimate of drug-likeness (QED) is 0.192. The number of benzene rings is 3. The fourth-order valence-electron chi connectivity index (χ4n) is 3.20. The van der Waals surface area contributed by atoms with Crippen molar-refractivity contribution in [1.29, 1.82) is 5.41 Å². The van der Waals surface area contributed by atoms with Gasteiger partial charge in [-0.15, -0.1) is 0 Å². The third kappa shape index (κ3) is 6.34. The Balaban J connectivity index is 1.65. The summed E-state index contributed by atoms with van der Waals surface area (Å²) in [5.41, 5.74) is 3.47. The normalized spacial score (nSPS) is 10.9. The van der Waals surface area contributed by atoms with Crippen molar-refractivity contribution in [2.75, 3.05) is 17.7 Å². The van der Waals surface area contributed by atoms with E-state index >= 15 is 0 Å². The number of halogens is 1. The first kappa shape index (κ1) is 25.2. The lowest BCUT2D eigenvalue weighted by Gasteiger charge is -2.19. The van der Waals surface area contributed by atoms with Gasteiger partial charge in [0.1, 0.15) is 11.6 Å². The monoisotopic (exact) mass is 494 g/mol.